The average Bonchev–Trinajstić information content (AvgIpc) is 2.76. The van der Waals surface area contributed by atoms with Gasteiger partial charge in [0.1, 0.15) is 5.56 Å². The van der Waals surface area contributed by atoms with Crippen LogP contribution in [0.4, 0.5) is 11.7 Å². The van der Waals surface area contributed by atoms with Crippen molar-refractivity contribution in [3.63, 3.8) is 0 Å². The van der Waals surface area contributed by atoms with E-state index in [0.717, 1.165) is 0 Å². The van der Waals surface area contributed by atoms with Crippen molar-refractivity contribution in [1.29, 1.82) is 0 Å². The van der Waals surface area contributed by atoms with Crippen molar-refractivity contribution in [3.05, 3.63) is 34.4 Å². The molecule has 1 heterocycles. The Labute approximate surface area is 103 Å². The van der Waals surface area contributed by atoms with Gasteiger partial charge in [-0.3, -0.25) is 10.1 Å². The Bertz CT molecular complexity index is 565. The molecule has 1 N–H and O–H groups in total. The molecule has 0 amide bonds. The van der Waals surface area contributed by atoms with Crippen molar-refractivity contribution in [1.82, 2.24) is 10.1 Å². The molecule has 0 aliphatic heterocycles. The van der Waals surface area contributed by atoms with E-state index < -0.39 is 4.92 Å². The number of aromatic nitrogens is 2. The zero-order chi connectivity index (χ0) is 13.1. The summed E-state index contributed by atoms with van der Waals surface area (Å²) in [5.41, 5.74) is 0.289. The molecule has 0 fully saturated rings. The maximum Gasteiger partial charge on any atom is 0.321 e. The number of hydrogen-bond acceptors (Lipinski definition) is 6. The highest BCUT2D eigenvalue weighted by molar-refractivity contribution is 5.67. The highest BCUT2D eigenvalue weighted by Gasteiger charge is 2.19. The smallest absolute Gasteiger partial charge is 0.321 e. The lowest BCUT2D eigenvalue weighted by Gasteiger charge is -2.01. The summed E-state index contributed by atoms with van der Waals surface area (Å²) in [4.78, 5) is 14.5. The van der Waals surface area contributed by atoms with Gasteiger partial charge in [-0.2, -0.15) is 4.98 Å². The van der Waals surface area contributed by atoms with Crippen LogP contribution in [0.5, 0.6) is 0 Å². The topological polar surface area (TPSA) is 94.1 Å². The average molecular weight is 248 g/mol. The summed E-state index contributed by atoms with van der Waals surface area (Å²) >= 11 is 0. The molecule has 1 aromatic carbocycles. The lowest BCUT2D eigenvalue weighted by Crippen LogP contribution is -2.09. The summed E-state index contributed by atoms with van der Waals surface area (Å²) in [5.74, 6) is 0.199. The number of hydrogen-bond donors (Lipinski definition) is 1. The van der Waals surface area contributed by atoms with E-state index in [1.165, 1.54) is 6.07 Å². The minimum absolute atomic E-state index is 0.0469. The first-order valence-corrected chi connectivity index (χ1v) is 5.42. The van der Waals surface area contributed by atoms with E-state index in [-0.39, 0.29) is 23.6 Å². The van der Waals surface area contributed by atoms with Gasteiger partial charge in [-0.25, -0.2) is 0 Å². The molecule has 0 bridgehead atoms. The zero-order valence-corrected chi connectivity index (χ0v) is 9.95. The Morgan fingerprint density at radius 2 is 2.11 bits per heavy atom. The van der Waals surface area contributed by atoms with Crippen LogP contribution in [0.25, 0.3) is 11.4 Å². The van der Waals surface area contributed by atoms with E-state index in [0.29, 0.717) is 5.56 Å². The van der Waals surface area contributed by atoms with Crippen molar-refractivity contribution in [2.45, 2.75) is 19.9 Å². The molecule has 7 heteroatoms. The molecule has 0 aliphatic carbocycles. The molecule has 18 heavy (non-hydrogen) atoms. The molecule has 2 rings (SSSR count). The van der Waals surface area contributed by atoms with Gasteiger partial charge in [0, 0.05) is 12.1 Å². The largest absolute Gasteiger partial charge is 0.336 e. The van der Waals surface area contributed by atoms with Crippen LogP contribution in [-0.4, -0.2) is 21.1 Å². The fraction of sp³-hybridized carbons (Fsp3) is 0.273. The number of para-hydroxylation sites is 1. The molecule has 0 spiro atoms. The third-order valence-electron chi connectivity index (χ3n) is 2.18. The van der Waals surface area contributed by atoms with E-state index in [1.807, 2.05) is 13.8 Å². The van der Waals surface area contributed by atoms with Gasteiger partial charge >= 0.3 is 6.01 Å². The van der Waals surface area contributed by atoms with Crippen molar-refractivity contribution in [2.75, 3.05) is 5.32 Å². The predicted molar refractivity (Wildman–Crippen MR) is 65.1 cm³/mol. The van der Waals surface area contributed by atoms with E-state index in [4.69, 9.17) is 4.52 Å². The van der Waals surface area contributed by atoms with Gasteiger partial charge in [-0.15, -0.1) is 0 Å². The van der Waals surface area contributed by atoms with Crippen LogP contribution in [0.15, 0.2) is 28.8 Å². The van der Waals surface area contributed by atoms with Gasteiger partial charge in [0.05, 0.1) is 4.92 Å². The van der Waals surface area contributed by atoms with Crippen LogP contribution >= 0.6 is 0 Å². The fourth-order valence-electron chi connectivity index (χ4n) is 1.46. The molecule has 0 radical (unpaired) electrons. The minimum Gasteiger partial charge on any atom is -0.336 e. The summed E-state index contributed by atoms with van der Waals surface area (Å²) in [7, 11) is 0. The Hall–Kier alpha value is -2.44. The Kier molecular flexibility index (Phi) is 3.22. The molecule has 2 aromatic rings. The second-order valence-corrected chi connectivity index (χ2v) is 4.00. The Balaban J connectivity index is 2.37. The lowest BCUT2D eigenvalue weighted by molar-refractivity contribution is -0.384. The Morgan fingerprint density at radius 1 is 1.39 bits per heavy atom. The van der Waals surface area contributed by atoms with E-state index in [2.05, 4.69) is 15.5 Å². The molecule has 0 saturated heterocycles. The van der Waals surface area contributed by atoms with Crippen LogP contribution in [0.1, 0.15) is 13.8 Å². The second kappa shape index (κ2) is 4.82. The minimum atomic E-state index is -0.471. The second-order valence-electron chi connectivity index (χ2n) is 4.00. The van der Waals surface area contributed by atoms with Gasteiger partial charge in [-0.05, 0) is 19.9 Å². The molecular weight excluding hydrogens is 236 g/mol. The summed E-state index contributed by atoms with van der Waals surface area (Å²) in [6, 6.07) is 6.66. The summed E-state index contributed by atoms with van der Waals surface area (Å²) in [5, 5.41) is 17.5. The molecule has 7 nitrogen and oxygen atoms in total. The van der Waals surface area contributed by atoms with E-state index in [9.17, 15) is 10.1 Å². The fourth-order valence-corrected chi connectivity index (χ4v) is 1.46. The number of nitro benzene ring substituents is 1. The predicted octanol–water partition coefficient (Wildman–Crippen LogP) is 2.47. The van der Waals surface area contributed by atoms with Crippen molar-refractivity contribution in [2.24, 2.45) is 0 Å². The SMILES string of the molecule is CC(C)Nc1nc(-c2ccccc2[N+](=O)[O-])no1. The zero-order valence-electron chi connectivity index (χ0n) is 9.95. The van der Waals surface area contributed by atoms with Crippen LogP contribution < -0.4 is 5.32 Å². The molecular formula is C11H12N4O3. The van der Waals surface area contributed by atoms with Gasteiger partial charge in [0.15, 0.2) is 0 Å². The standard InChI is InChI=1S/C11H12N4O3/c1-7(2)12-11-13-10(14-18-11)8-5-3-4-6-9(8)15(16)17/h3-7H,1-2H3,(H,12,13,14). The van der Waals surface area contributed by atoms with Crippen molar-refractivity contribution in [3.8, 4) is 11.4 Å². The highest BCUT2D eigenvalue weighted by Crippen LogP contribution is 2.27. The molecule has 0 unspecified atom stereocenters. The number of rotatable bonds is 4. The molecule has 1 aromatic heterocycles. The molecule has 0 atom stereocenters. The normalized spacial score (nSPS) is 10.6. The van der Waals surface area contributed by atoms with Gasteiger partial charge in [-0.1, -0.05) is 17.3 Å². The maximum absolute atomic E-state index is 10.9. The monoisotopic (exact) mass is 248 g/mol. The van der Waals surface area contributed by atoms with E-state index in [1.54, 1.807) is 18.2 Å². The number of anilines is 1. The van der Waals surface area contributed by atoms with Crippen molar-refractivity contribution >= 4 is 11.7 Å². The summed E-state index contributed by atoms with van der Waals surface area (Å²) in [6.45, 7) is 3.85. The van der Waals surface area contributed by atoms with Gasteiger partial charge in [0.25, 0.3) is 5.69 Å². The quantitative estimate of drug-likeness (QED) is 0.659. The first-order valence-electron chi connectivity index (χ1n) is 5.42. The van der Waals surface area contributed by atoms with E-state index >= 15 is 0 Å². The first kappa shape index (κ1) is 12.0. The highest BCUT2D eigenvalue weighted by atomic mass is 16.6. The van der Waals surface area contributed by atoms with Crippen molar-refractivity contribution < 1.29 is 9.45 Å². The lowest BCUT2D eigenvalue weighted by atomic mass is 10.2. The van der Waals surface area contributed by atoms with Crippen LogP contribution in [0.3, 0.4) is 0 Å². The third-order valence-corrected chi connectivity index (χ3v) is 2.18. The first-order chi connectivity index (χ1) is 8.58. The van der Waals surface area contributed by atoms with Gasteiger partial charge < -0.3 is 9.84 Å². The summed E-state index contributed by atoms with van der Waals surface area (Å²) in [6.07, 6.45) is 0. The Morgan fingerprint density at radius 3 is 2.78 bits per heavy atom. The van der Waals surface area contributed by atoms with Crippen LogP contribution in [0, 0.1) is 10.1 Å². The third kappa shape index (κ3) is 2.45. The summed E-state index contributed by atoms with van der Waals surface area (Å²) < 4.78 is 4.97. The molecule has 0 aliphatic rings. The maximum atomic E-state index is 10.9. The number of nitrogens with zero attached hydrogens (tertiary/aromatic N) is 3. The number of nitro groups is 1. The molecule has 94 valence electrons. The molecule has 0 saturated carbocycles. The number of nitrogens with one attached hydrogen (secondary N) is 1. The number of benzene rings is 1. The van der Waals surface area contributed by atoms with Gasteiger partial charge in [0.2, 0.25) is 5.82 Å². The van der Waals surface area contributed by atoms with Crippen LogP contribution in [0.2, 0.25) is 0 Å². The van der Waals surface area contributed by atoms with Crippen LogP contribution in [-0.2, 0) is 0 Å².